The van der Waals surface area contributed by atoms with Crippen LogP contribution in [0.3, 0.4) is 0 Å². The van der Waals surface area contributed by atoms with Gasteiger partial charge < -0.3 is 14.7 Å². The Morgan fingerprint density at radius 2 is 1.94 bits per heavy atom. The Hall–Kier alpha value is -0.120. The van der Waals surface area contributed by atoms with E-state index in [-0.39, 0.29) is 11.7 Å². The van der Waals surface area contributed by atoms with Crippen LogP contribution in [0.5, 0.6) is 0 Å². The Morgan fingerprint density at radius 3 is 2.44 bits per heavy atom. The molecule has 0 aliphatic heterocycles. The van der Waals surface area contributed by atoms with Crippen LogP contribution in [-0.4, -0.2) is 48.5 Å². The first kappa shape index (κ1) is 15.9. The summed E-state index contributed by atoms with van der Waals surface area (Å²) in [7, 11) is 3.93. The molecule has 1 fully saturated rings. The van der Waals surface area contributed by atoms with Crippen molar-refractivity contribution in [2.45, 2.75) is 64.7 Å². The molecule has 18 heavy (non-hydrogen) atoms. The zero-order valence-electron chi connectivity index (χ0n) is 12.9. The van der Waals surface area contributed by atoms with Gasteiger partial charge in [0.1, 0.15) is 0 Å². The van der Waals surface area contributed by atoms with E-state index in [9.17, 15) is 5.11 Å². The summed E-state index contributed by atoms with van der Waals surface area (Å²) in [6.07, 6.45) is 2.87. The van der Waals surface area contributed by atoms with Gasteiger partial charge in [0.05, 0.1) is 11.7 Å². The number of nitrogens with zero attached hydrogens (tertiary/aromatic N) is 1. The topological polar surface area (TPSA) is 32.7 Å². The third-order valence-electron chi connectivity index (χ3n) is 4.45. The fraction of sp³-hybridized carbons (Fsp3) is 1.00. The lowest BCUT2D eigenvalue weighted by Gasteiger charge is -2.44. The first-order chi connectivity index (χ1) is 8.26. The van der Waals surface area contributed by atoms with Crippen molar-refractivity contribution in [1.82, 2.24) is 4.90 Å². The van der Waals surface area contributed by atoms with Crippen molar-refractivity contribution in [3.05, 3.63) is 0 Å². The molecule has 0 amide bonds. The first-order valence-corrected chi connectivity index (χ1v) is 7.20. The van der Waals surface area contributed by atoms with Crippen LogP contribution in [-0.2, 0) is 4.74 Å². The quantitative estimate of drug-likeness (QED) is 0.821. The van der Waals surface area contributed by atoms with E-state index in [1.165, 1.54) is 0 Å². The Labute approximate surface area is 113 Å². The molecule has 3 heteroatoms. The van der Waals surface area contributed by atoms with Crippen molar-refractivity contribution < 1.29 is 9.84 Å². The first-order valence-electron chi connectivity index (χ1n) is 7.20. The standard InChI is InChI=1S/C15H31NO2/c1-11(2)13-8-7-12(17)9-14(13)16(5)10-15(3,4)18-6/h11-14,17H,7-10H2,1-6H3. The SMILES string of the molecule is COC(C)(C)CN(C)C1CC(O)CCC1C(C)C. The number of ether oxygens (including phenoxy) is 1. The second-order valence-corrected chi connectivity index (χ2v) is 6.82. The number of hydrogen-bond acceptors (Lipinski definition) is 3. The molecule has 0 heterocycles. The van der Waals surface area contributed by atoms with Crippen LogP contribution in [0, 0.1) is 11.8 Å². The average molecular weight is 257 g/mol. The number of aliphatic hydroxyl groups excluding tert-OH is 1. The molecule has 0 aromatic carbocycles. The molecule has 0 spiro atoms. The predicted molar refractivity (Wildman–Crippen MR) is 75.7 cm³/mol. The van der Waals surface area contributed by atoms with Gasteiger partial charge in [-0.1, -0.05) is 13.8 Å². The predicted octanol–water partition coefficient (Wildman–Crippen LogP) is 2.53. The van der Waals surface area contributed by atoms with Crippen LogP contribution >= 0.6 is 0 Å². The Balaban J connectivity index is 2.69. The van der Waals surface area contributed by atoms with Crippen LogP contribution in [0.2, 0.25) is 0 Å². The maximum atomic E-state index is 9.93. The van der Waals surface area contributed by atoms with Crippen molar-refractivity contribution in [2.24, 2.45) is 11.8 Å². The zero-order valence-corrected chi connectivity index (χ0v) is 12.9. The van der Waals surface area contributed by atoms with Crippen LogP contribution in [0.4, 0.5) is 0 Å². The molecular formula is C15H31NO2. The maximum Gasteiger partial charge on any atom is 0.0749 e. The summed E-state index contributed by atoms with van der Waals surface area (Å²) in [5.41, 5.74) is -0.126. The summed E-state index contributed by atoms with van der Waals surface area (Å²) in [6.45, 7) is 9.74. The van der Waals surface area contributed by atoms with Gasteiger partial charge in [-0.05, 0) is 52.0 Å². The molecule has 3 nitrogen and oxygen atoms in total. The highest BCUT2D eigenvalue weighted by molar-refractivity contribution is 4.89. The van der Waals surface area contributed by atoms with E-state index in [4.69, 9.17) is 4.74 Å². The number of aliphatic hydroxyl groups is 1. The Bertz CT molecular complexity index is 253. The second-order valence-electron chi connectivity index (χ2n) is 6.82. The van der Waals surface area contributed by atoms with Gasteiger partial charge in [-0.25, -0.2) is 0 Å². The van der Waals surface area contributed by atoms with Gasteiger partial charge in [-0.2, -0.15) is 0 Å². The van der Waals surface area contributed by atoms with Crippen LogP contribution in [0.15, 0.2) is 0 Å². The fourth-order valence-electron chi connectivity index (χ4n) is 3.22. The lowest BCUT2D eigenvalue weighted by molar-refractivity contribution is -0.0395. The number of hydrogen-bond donors (Lipinski definition) is 1. The summed E-state index contributed by atoms with van der Waals surface area (Å²) in [5.74, 6) is 1.36. The molecule has 0 bridgehead atoms. The highest BCUT2D eigenvalue weighted by Gasteiger charge is 2.35. The van der Waals surface area contributed by atoms with Crippen LogP contribution in [0.1, 0.15) is 47.0 Å². The molecule has 1 aliphatic rings. The lowest BCUT2D eigenvalue weighted by Crippen LogP contribution is -2.50. The van der Waals surface area contributed by atoms with Gasteiger partial charge in [0.25, 0.3) is 0 Å². The normalized spacial score (nSPS) is 30.2. The van der Waals surface area contributed by atoms with E-state index >= 15 is 0 Å². The minimum absolute atomic E-state index is 0.126. The third kappa shape index (κ3) is 4.22. The van der Waals surface area contributed by atoms with E-state index in [0.717, 1.165) is 25.8 Å². The zero-order chi connectivity index (χ0) is 13.9. The summed E-state index contributed by atoms with van der Waals surface area (Å²) in [5, 5.41) is 9.93. The van der Waals surface area contributed by atoms with Gasteiger partial charge in [0, 0.05) is 19.7 Å². The van der Waals surface area contributed by atoms with Crippen molar-refractivity contribution >= 4 is 0 Å². The van der Waals surface area contributed by atoms with Gasteiger partial charge in [0.2, 0.25) is 0 Å². The van der Waals surface area contributed by atoms with Crippen molar-refractivity contribution in [3.63, 3.8) is 0 Å². The molecule has 108 valence electrons. The highest BCUT2D eigenvalue weighted by atomic mass is 16.5. The van der Waals surface area contributed by atoms with E-state index < -0.39 is 0 Å². The molecule has 1 aliphatic carbocycles. The molecule has 1 saturated carbocycles. The highest BCUT2D eigenvalue weighted by Crippen LogP contribution is 2.33. The van der Waals surface area contributed by atoms with Gasteiger partial charge in [-0.15, -0.1) is 0 Å². The number of methoxy groups -OCH3 is 1. The smallest absolute Gasteiger partial charge is 0.0749 e. The summed E-state index contributed by atoms with van der Waals surface area (Å²) in [6, 6.07) is 0.475. The number of likely N-dealkylation sites (N-methyl/N-ethyl adjacent to an activating group) is 1. The molecule has 1 N–H and O–H groups in total. The lowest BCUT2D eigenvalue weighted by atomic mass is 9.76. The molecule has 3 atom stereocenters. The Kier molecular flexibility index (Phi) is 5.63. The monoisotopic (exact) mass is 257 g/mol. The molecular weight excluding hydrogens is 226 g/mol. The van der Waals surface area contributed by atoms with E-state index in [1.54, 1.807) is 7.11 Å². The van der Waals surface area contributed by atoms with Crippen molar-refractivity contribution in [1.29, 1.82) is 0 Å². The molecule has 0 saturated heterocycles. The number of rotatable bonds is 5. The molecule has 3 unspecified atom stereocenters. The van der Waals surface area contributed by atoms with Gasteiger partial charge in [0.15, 0.2) is 0 Å². The summed E-state index contributed by atoms with van der Waals surface area (Å²) in [4.78, 5) is 2.39. The van der Waals surface area contributed by atoms with Crippen molar-refractivity contribution in [2.75, 3.05) is 20.7 Å². The van der Waals surface area contributed by atoms with E-state index in [2.05, 4.69) is 39.6 Å². The van der Waals surface area contributed by atoms with Crippen LogP contribution < -0.4 is 0 Å². The van der Waals surface area contributed by atoms with Gasteiger partial charge >= 0.3 is 0 Å². The van der Waals surface area contributed by atoms with Crippen molar-refractivity contribution in [3.8, 4) is 0 Å². The summed E-state index contributed by atoms with van der Waals surface area (Å²) < 4.78 is 5.52. The maximum absolute atomic E-state index is 9.93. The molecule has 0 aromatic rings. The average Bonchev–Trinajstić information content (AvgIpc) is 2.28. The molecule has 1 rings (SSSR count). The van der Waals surface area contributed by atoms with E-state index in [0.29, 0.717) is 17.9 Å². The third-order valence-corrected chi connectivity index (χ3v) is 4.45. The second kappa shape index (κ2) is 6.36. The van der Waals surface area contributed by atoms with Crippen LogP contribution in [0.25, 0.3) is 0 Å². The molecule has 0 aromatic heterocycles. The minimum atomic E-state index is -0.127. The van der Waals surface area contributed by atoms with Gasteiger partial charge in [-0.3, -0.25) is 0 Å². The minimum Gasteiger partial charge on any atom is -0.393 e. The fourth-order valence-corrected chi connectivity index (χ4v) is 3.22. The summed E-state index contributed by atoms with van der Waals surface area (Å²) >= 11 is 0. The van der Waals surface area contributed by atoms with E-state index in [1.807, 2.05) is 0 Å². The largest absolute Gasteiger partial charge is 0.393 e. The molecule has 0 radical (unpaired) electrons. The Morgan fingerprint density at radius 1 is 1.33 bits per heavy atom.